The number of hydrogen-bond acceptors (Lipinski definition) is 7. The van der Waals surface area contributed by atoms with Crippen LogP contribution in [0.5, 0.6) is 0 Å². The van der Waals surface area contributed by atoms with Gasteiger partial charge in [0.2, 0.25) is 11.6 Å². The van der Waals surface area contributed by atoms with E-state index in [0.29, 0.717) is 0 Å². The number of nitrogens with one attached hydrogen (secondary N) is 1. The lowest BCUT2D eigenvalue weighted by Crippen LogP contribution is -2.30. The zero-order chi connectivity index (χ0) is 17.5. The Morgan fingerprint density at radius 1 is 1.08 bits per heavy atom. The quantitative estimate of drug-likeness (QED) is 0.893. The van der Waals surface area contributed by atoms with E-state index in [1.807, 2.05) is 0 Å². The number of allylic oxidation sites excluding steroid dienone is 2. The summed E-state index contributed by atoms with van der Waals surface area (Å²) in [6.07, 6.45) is 3.03. The monoisotopic (exact) mass is 347 g/mol. The normalized spacial score (nSPS) is 14.6. The van der Waals surface area contributed by atoms with Gasteiger partial charge in [-0.2, -0.15) is 0 Å². The topological polar surface area (TPSA) is 106 Å². The van der Waals surface area contributed by atoms with E-state index in [2.05, 4.69) is 15.3 Å². The summed E-state index contributed by atoms with van der Waals surface area (Å²) in [6.45, 7) is 0. The van der Waals surface area contributed by atoms with Gasteiger partial charge in [-0.15, -0.1) is 0 Å². The van der Waals surface area contributed by atoms with Crippen molar-refractivity contribution in [3.8, 4) is 0 Å². The van der Waals surface area contributed by atoms with Crippen molar-refractivity contribution in [3.05, 3.63) is 64.5 Å². The number of rotatable bonds is 3. The number of nitrogens with zero attached hydrogens (tertiary/aromatic N) is 2. The van der Waals surface area contributed by atoms with E-state index in [1.165, 1.54) is 12.1 Å². The van der Waals surface area contributed by atoms with Gasteiger partial charge in [-0.1, -0.05) is 0 Å². The van der Waals surface area contributed by atoms with Crippen LogP contribution < -0.4 is 5.32 Å². The first kappa shape index (κ1) is 15.9. The van der Waals surface area contributed by atoms with Crippen LogP contribution in [-0.2, 0) is 9.84 Å². The van der Waals surface area contributed by atoms with Crippen molar-refractivity contribution in [1.82, 2.24) is 9.97 Å². The molecule has 0 spiro atoms. The van der Waals surface area contributed by atoms with Crippen LogP contribution in [0.15, 0.2) is 47.4 Å². The Balaban J connectivity index is 2.19. The molecule has 0 radical (unpaired) electrons. The van der Waals surface area contributed by atoms with Crippen molar-refractivity contribution in [2.45, 2.75) is 0 Å². The minimum Gasteiger partial charge on any atom is -0.351 e. The molecule has 1 aromatic carbocycles. The first-order chi connectivity index (χ1) is 11.3. The van der Waals surface area contributed by atoms with Crippen molar-refractivity contribution >= 4 is 27.1 Å². The first-order valence-corrected chi connectivity index (χ1v) is 8.54. The molecular weight excluding hydrogens is 337 g/mol. The van der Waals surface area contributed by atoms with Crippen LogP contribution >= 0.6 is 0 Å². The van der Waals surface area contributed by atoms with Crippen LogP contribution in [0.25, 0.3) is 0 Å². The van der Waals surface area contributed by atoms with Gasteiger partial charge in [0, 0.05) is 18.1 Å². The number of Topliss-reactive ketones (excluding diaryl/α,β-unsaturated/α-hetero) is 2. The van der Waals surface area contributed by atoms with Crippen molar-refractivity contribution in [2.75, 3.05) is 11.6 Å². The third-order valence-electron chi connectivity index (χ3n) is 3.32. The number of hydrogen-bond donors (Lipinski definition) is 1. The molecule has 1 aliphatic rings. The number of ketones is 2. The summed E-state index contributed by atoms with van der Waals surface area (Å²) in [7, 11) is -4.02. The summed E-state index contributed by atoms with van der Waals surface area (Å²) >= 11 is 0. The van der Waals surface area contributed by atoms with Gasteiger partial charge < -0.3 is 5.32 Å². The number of anilines is 1. The van der Waals surface area contributed by atoms with Gasteiger partial charge in [0.25, 0.3) is 0 Å². The van der Waals surface area contributed by atoms with Gasteiger partial charge in [0.15, 0.2) is 9.84 Å². The number of fused-ring (bicyclic) bond motifs is 1. The fourth-order valence-corrected chi connectivity index (χ4v) is 3.23. The van der Waals surface area contributed by atoms with E-state index >= 15 is 0 Å². The highest BCUT2D eigenvalue weighted by Gasteiger charge is 2.38. The van der Waals surface area contributed by atoms with Crippen molar-refractivity contribution in [3.63, 3.8) is 0 Å². The van der Waals surface area contributed by atoms with Crippen molar-refractivity contribution < 1.29 is 22.4 Å². The third kappa shape index (κ3) is 2.69. The van der Waals surface area contributed by atoms with Crippen LogP contribution in [0.4, 0.5) is 10.1 Å². The lowest BCUT2D eigenvalue weighted by atomic mass is 9.98. The Kier molecular flexibility index (Phi) is 3.72. The van der Waals surface area contributed by atoms with E-state index in [9.17, 15) is 22.4 Å². The molecule has 0 bridgehead atoms. The molecule has 3 rings (SSSR count). The molecule has 122 valence electrons. The van der Waals surface area contributed by atoms with Gasteiger partial charge in [-0.05, 0) is 24.3 Å². The molecule has 0 aliphatic heterocycles. The minimum atomic E-state index is -4.02. The van der Waals surface area contributed by atoms with E-state index in [4.69, 9.17) is 0 Å². The summed E-state index contributed by atoms with van der Waals surface area (Å²) in [5, 5.41) is 2.59. The lowest BCUT2D eigenvalue weighted by Gasteiger charge is -2.19. The standard InChI is InChI=1S/C15H10FN3O4S/c1-24(22,23)15-12(19-9-4-2-8(16)3-5-9)13(20)10-6-17-7-18-11(10)14(15)21/h2-7,19H,1H3. The van der Waals surface area contributed by atoms with E-state index in [1.54, 1.807) is 0 Å². The predicted octanol–water partition coefficient (Wildman–Crippen LogP) is 1.36. The summed E-state index contributed by atoms with van der Waals surface area (Å²) in [4.78, 5) is 31.8. The molecule has 1 aromatic heterocycles. The van der Waals surface area contributed by atoms with Gasteiger partial charge in [-0.25, -0.2) is 22.8 Å². The van der Waals surface area contributed by atoms with Crippen LogP contribution in [0.2, 0.25) is 0 Å². The van der Waals surface area contributed by atoms with Crippen LogP contribution in [-0.4, -0.2) is 36.2 Å². The van der Waals surface area contributed by atoms with Crippen LogP contribution in [0.1, 0.15) is 20.8 Å². The highest BCUT2D eigenvalue weighted by atomic mass is 32.2. The second-order valence-electron chi connectivity index (χ2n) is 5.05. The number of carbonyl (C=O) groups excluding carboxylic acids is 2. The Bertz CT molecular complexity index is 998. The number of carbonyl (C=O) groups is 2. The summed E-state index contributed by atoms with van der Waals surface area (Å²) in [5.41, 5.74) is -0.509. The average Bonchev–Trinajstić information content (AvgIpc) is 2.53. The maximum absolute atomic E-state index is 13.0. The molecule has 9 heteroatoms. The molecule has 0 saturated heterocycles. The van der Waals surface area contributed by atoms with Gasteiger partial charge in [0.1, 0.15) is 28.4 Å². The second-order valence-corrected chi connectivity index (χ2v) is 7.00. The van der Waals surface area contributed by atoms with E-state index < -0.39 is 37.8 Å². The molecule has 7 nitrogen and oxygen atoms in total. The SMILES string of the molecule is CS(=O)(=O)C1=C(Nc2ccc(F)cc2)C(=O)c2cncnc2C1=O. The average molecular weight is 347 g/mol. The van der Waals surface area contributed by atoms with Crippen LogP contribution in [0, 0.1) is 5.82 Å². The molecule has 1 aliphatic carbocycles. The highest BCUT2D eigenvalue weighted by molar-refractivity contribution is 7.95. The van der Waals surface area contributed by atoms with Gasteiger partial charge in [-0.3, -0.25) is 9.59 Å². The Labute approximate surface area is 136 Å². The molecule has 24 heavy (non-hydrogen) atoms. The Morgan fingerprint density at radius 2 is 1.75 bits per heavy atom. The van der Waals surface area contributed by atoms with Crippen LogP contribution in [0.3, 0.4) is 0 Å². The second kappa shape index (κ2) is 5.60. The maximum Gasteiger partial charge on any atom is 0.225 e. The molecular formula is C15H10FN3O4S. The summed E-state index contributed by atoms with van der Waals surface area (Å²) < 4.78 is 37.1. The zero-order valence-corrected chi connectivity index (χ0v) is 13.1. The maximum atomic E-state index is 13.0. The van der Waals surface area contributed by atoms with Gasteiger partial charge in [0.05, 0.1) is 5.56 Å². The molecule has 0 amide bonds. The van der Waals surface area contributed by atoms with Crippen molar-refractivity contribution in [2.24, 2.45) is 0 Å². The predicted molar refractivity (Wildman–Crippen MR) is 82.6 cm³/mol. The first-order valence-electron chi connectivity index (χ1n) is 6.65. The molecule has 0 saturated carbocycles. The lowest BCUT2D eigenvalue weighted by molar-refractivity contribution is 0.0977. The summed E-state index contributed by atoms with van der Waals surface area (Å²) in [5.74, 6) is -2.11. The van der Waals surface area contributed by atoms with E-state index in [0.717, 1.165) is 30.9 Å². The summed E-state index contributed by atoms with van der Waals surface area (Å²) in [6, 6.07) is 4.90. The fraction of sp³-hybridized carbons (Fsp3) is 0.0667. The third-order valence-corrected chi connectivity index (χ3v) is 4.45. The number of aromatic nitrogens is 2. The minimum absolute atomic E-state index is 0.0977. The Hall–Kier alpha value is -2.94. The molecule has 1 heterocycles. The largest absolute Gasteiger partial charge is 0.351 e. The van der Waals surface area contributed by atoms with Crippen molar-refractivity contribution in [1.29, 1.82) is 0 Å². The molecule has 2 aromatic rings. The zero-order valence-electron chi connectivity index (χ0n) is 12.3. The molecule has 0 atom stereocenters. The van der Waals surface area contributed by atoms with E-state index in [-0.39, 0.29) is 16.9 Å². The fourth-order valence-electron chi connectivity index (χ4n) is 2.28. The number of sulfone groups is 1. The molecule has 0 unspecified atom stereocenters. The molecule has 0 fully saturated rings. The number of halogens is 1. The molecule has 1 N–H and O–H groups in total. The Morgan fingerprint density at radius 3 is 2.38 bits per heavy atom. The highest BCUT2D eigenvalue weighted by Crippen LogP contribution is 2.28. The number of benzene rings is 1. The smallest absolute Gasteiger partial charge is 0.225 e. The van der Waals surface area contributed by atoms with Gasteiger partial charge >= 0.3 is 0 Å².